The number of nitrogens with zero attached hydrogens (tertiary/aromatic N) is 4. The second-order valence-electron chi connectivity index (χ2n) is 9.52. The van der Waals surface area contributed by atoms with Crippen molar-refractivity contribution in [3.8, 4) is 5.75 Å². The van der Waals surface area contributed by atoms with Gasteiger partial charge in [-0.3, -0.25) is 9.69 Å². The second kappa shape index (κ2) is 8.20. The zero-order valence-electron chi connectivity index (χ0n) is 18.8. The lowest BCUT2D eigenvalue weighted by Gasteiger charge is -2.40. The van der Waals surface area contributed by atoms with Crippen LogP contribution in [-0.4, -0.2) is 64.6 Å². The Labute approximate surface area is 184 Å². The summed E-state index contributed by atoms with van der Waals surface area (Å²) in [6.07, 6.45) is 7.16. The molecule has 0 spiro atoms. The maximum atomic E-state index is 13.1. The Balaban J connectivity index is 1.50. The molecule has 1 amide bonds. The van der Waals surface area contributed by atoms with E-state index in [0.717, 1.165) is 25.7 Å². The smallest absolute Gasteiger partial charge is 0.272 e. The molecule has 0 radical (unpaired) electrons. The number of anilines is 2. The average Bonchev–Trinajstić information content (AvgIpc) is 3.24. The first-order valence-electron chi connectivity index (χ1n) is 11.2. The summed E-state index contributed by atoms with van der Waals surface area (Å²) in [7, 11) is -3.23. The van der Waals surface area contributed by atoms with Gasteiger partial charge in [0, 0.05) is 25.2 Å². The molecule has 1 saturated heterocycles. The van der Waals surface area contributed by atoms with Gasteiger partial charge in [-0.2, -0.15) is 4.98 Å². The van der Waals surface area contributed by atoms with E-state index >= 15 is 0 Å². The minimum atomic E-state index is -3.23. The molecule has 1 N–H and O–H groups in total. The summed E-state index contributed by atoms with van der Waals surface area (Å²) in [5, 5.41) is 2.93. The Morgan fingerprint density at radius 1 is 1.16 bits per heavy atom. The number of rotatable bonds is 5. The van der Waals surface area contributed by atoms with Crippen molar-refractivity contribution >= 4 is 27.7 Å². The SMILES string of the molecule is CC(C)S(=O)(=O)N1CCC(Nc2ncc3c(n2)N(C2CCCC2)C(=O)C(C)(C)O3)CC1. The summed E-state index contributed by atoms with van der Waals surface area (Å²) in [5.41, 5.74) is -0.942. The van der Waals surface area contributed by atoms with Crippen molar-refractivity contribution in [1.82, 2.24) is 14.3 Å². The predicted octanol–water partition coefficient (Wildman–Crippen LogP) is 2.54. The van der Waals surface area contributed by atoms with Gasteiger partial charge in [0.15, 0.2) is 17.2 Å². The first kappa shape index (κ1) is 22.3. The number of nitrogens with one attached hydrogen (secondary N) is 1. The molecule has 0 aromatic carbocycles. The monoisotopic (exact) mass is 451 g/mol. The van der Waals surface area contributed by atoms with Crippen LogP contribution in [0.5, 0.6) is 5.75 Å². The van der Waals surface area contributed by atoms with Gasteiger partial charge in [0.1, 0.15) is 0 Å². The summed E-state index contributed by atoms with van der Waals surface area (Å²) >= 11 is 0. The normalized spacial score (nSPS) is 23.1. The molecule has 4 rings (SSSR count). The lowest BCUT2D eigenvalue weighted by Crippen LogP contribution is -2.56. The van der Waals surface area contributed by atoms with Crippen LogP contribution in [0.4, 0.5) is 11.8 Å². The van der Waals surface area contributed by atoms with Gasteiger partial charge >= 0.3 is 0 Å². The van der Waals surface area contributed by atoms with Crippen LogP contribution in [-0.2, 0) is 14.8 Å². The van der Waals surface area contributed by atoms with Gasteiger partial charge < -0.3 is 10.1 Å². The summed E-state index contributed by atoms with van der Waals surface area (Å²) in [5.74, 6) is 1.44. The van der Waals surface area contributed by atoms with E-state index in [4.69, 9.17) is 4.74 Å². The molecule has 0 atom stereocenters. The van der Waals surface area contributed by atoms with Gasteiger partial charge in [0.05, 0.1) is 11.4 Å². The average molecular weight is 452 g/mol. The number of hydrogen-bond donors (Lipinski definition) is 1. The molecule has 10 heteroatoms. The number of piperidine rings is 1. The zero-order chi connectivity index (χ0) is 22.4. The quantitative estimate of drug-likeness (QED) is 0.733. The number of fused-ring (bicyclic) bond motifs is 1. The number of sulfonamides is 1. The van der Waals surface area contributed by atoms with Crippen LogP contribution in [0, 0.1) is 0 Å². The highest BCUT2D eigenvalue weighted by molar-refractivity contribution is 7.89. The number of ether oxygens (including phenoxy) is 1. The lowest BCUT2D eigenvalue weighted by atomic mass is 10.0. The van der Waals surface area contributed by atoms with Crippen LogP contribution in [0.1, 0.15) is 66.2 Å². The Morgan fingerprint density at radius 3 is 2.42 bits per heavy atom. The zero-order valence-corrected chi connectivity index (χ0v) is 19.6. The Bertz CT molecular complexity index is 935. The number of amides is 1. The predicted molar refractivity (Wildman–Crippen MR) is 119 cm³/mol. The number of carbonyl (C=O) groups is 1. The fourth-order valence-corrected chi connectivity index (χ4v) is 5.93. The van der Waals surface area contributed by atoms with Crippen molar-refractivity contribution in [3.05, 3.63) is 6.20 Å². The van der Waals surface area contributed by atoms with E-state index in [0.29, 0.717) is 43.4 Å². The van der Waals surface area contributed by atoms with Crippen molar-refractivity contribution < 1.29 is 17.9 Å². The molecule has 172 valence electrons. The highest BCUT2D eigenvalue weighted by Crippen LogP contribution is 2.40. The van der Waals surface area contributed by atoms with E-state index < -0.39 is 20.9 Å². The van der Waals surface area contributed by atoms with Crippen molar-refractivity contribution in [2.45, 2.75) is 89.2 Å². The molecule has 1 aromatic rings. The van der Waals surface area contributed by atoms with Crippen LogP contribution >= 0.6 is 0 Å². The number of carbonyl (C=O) groups excluding carboxylic acids is 1. The number of hydrogen-bond acceptors (Lipinski definition) is 7. The number of aromatic nitrogens is 2. The van der Waals surface area contributed by atoms with Crippen molar-refractivity contribution in [1.29, 1.82) is 0 Å². The standard InChI is InChI=1S/C21H33N5O4S/c1-14(2)31(28,29)25-11-9-15(10-12-25)23-20-22-13-17-18(24-20)26(16-7-5-6-8-16)19(27)21(3,4)30-17/h13-16H,5-12H2,1-4H3,(H,22,23,24). The Morgan fingerprint density at radius 2 is 1.81 bits per heavy atom. The van der Waals surface area contributed by atoms with Gasteiger partial charge in [0.2, 0.25) is 16.0 Å². The van der Waals surface area contributed by atoms with Gasteiger partial charge in [0.25, 0.3) is 5.91 Å². The largest absolute Gasteiger partial charge is 0.472 e. The van der Waals surface area contributed by atoms with Crippen LogP contribution < -0.4 is 15.0 Å². The molecule has 1 aromatic heterocycles. The molecule has 3 heterocycles. The molecule has 1 saturated carbocycles. The summed E-state index contributed by atoms with van der Waals surface area (Å²) < 4.78 is 32.3. The van der Waals surface area contributed by atoms with Gasteiger partial charge in [-0.05, 0) is 53.4 Å². The molecule has 9 nitrogen and oxygen atoms in total. The lowest BCUT2D eigenvalue weighted by molar-refractivity contribution is -0.133. The fourth-order valence-electron chi connectivity index (χ4n) is 4.62. The summed E-state index contributed by atoms with van der Waals surface area (Å²) in [4.78, 5) is 24.0. The molecular weight excluding hydrogens is 418 g/mol. The van der Waals surface area contributed by atoms with Gasteiger partial charge in [-0.1, -0.05) is 12.8 Å². The molecule has 0 bridgehead atoms. The second-order valence-corrected chi connectivity index (χ2v) is 12.0. The third-order valence-corrected chi connectivity index (χ3v) is 8.77. The van der Waals surface area contributed by atoms with Crippen LogP contribution in [0.15, 0.2) is 6.20 Å². The van der Waals surface area contributed by atoms with E-state index in [-0.39, 0.29) is 18.0 Å². The minimum absolute atomic E-state index is 0.0660. The third-order valence-electron chi connectivity index (χ3n) is 6.50. The highest BCUT2D eigenvalue weighted by Gasteiger charge is 2.45. The van der Waals surface area contributed by atoms with E-state index in [1.54, 1.807) is 38.2 Å². The minimum Gasteiger partial charge on any atom is -0.472 e. The van der Waals surface area contributed by atoms with E-state index in [9.17, 15) is 13.2 Å². The maximum Gasteiger partial charge on any atom is 0.272 e. The van der Waals surface area contributed by atoms with Crippen LogP contribution in [0.2, 0.25) is 0 Å². The summed E-state index contributed by atoms with van der Waals surface area (Å²) in [6, 6.07) is 0.217. The molecule has 2 fully saturated rings. The first-order valence-corrected chi connectivity index (χ1v) is 12.7. The van der Waals surface area contributed by atoms with E-state index in [2.05, 4.69) is 15.3 Å². The van der Waals surface area contributed by atoms with Gasteiger partial charge in [-0.15, -0.1) is 0 Å². The van der Waals surface area contributed by atoms with Crippen LogP contribution in [0.25, 0.3) is 0 Å². The van der Waals surface area contributed by atoms with Crippen LogP contribution in [0.3, 0.4) is 0 Å². The molecular formula is C21H33N5O4S. The van der Waals surface area contributed by atoms with Crippen molar-refractivity contribution in [3.63, 3.8) is 0 Å². The van der Waals surface area contributed by atoms with Crippen molar-refractivity contribution in [2.24, 2.45) is 0 Å². The topological polar surface area (TPSA) is 105 Å². The van der Waals surface area contributed by atoms with Crippen molar-refractivity contribution in [2.75, 3.05) is 23.3 Å². The van der Waals surface area contributed by atoms with E-state index in [1.165, 1.54) is 0 Å². The molecule has 3 aliphatic rings. The first-order chi connectivity index (χ1) is 14.6. The molecule has 0 unspecified atom stereocenters. The third kappa shape index (κ3) is 4.24. The maximum absolute atomic E-state index is 13.1. The van der Waals surface area contributed by atoms with E-state index in [1.807, 2.05) is 4.90 Å². The molecule has 2 aliphatic heterocycles. The highest BCUT2D eigenvalue weighted by atomic mass is 32.2. The Hall–Kier alpha value is -1.94. The fraction of sp³-hybridized carbons (Fsp3) is 0.762. The molecule has 31 heavy (non-hydrogen) atoms. The summed E-state index contributed by atoms with van der Waals surface area (Å²) in [6.45, 7) is 7.94. The van der Waals surface area contributed by atoms with Gasteiger partial charge in [-0.25, -0.2) is 17.7 Å². The Kier molecular flexibility index (Phi) is 5.89. The molecule has 1 aliphatic carbocycles.